The fraction of sp³-hybridized carbons (Fsp3) is 0.488. The van der Waals surface area contributed by atoms with Gasteiger partial charge in [0.2, 0.25) is 17.7 Å². The van der Waals surface area contributed by atoms with E-state index in [0.29, 0.717) is 34.5 Å². The van der Waals surface area contributed by atoms with Gasteiger partial charge in [-0.15, -0.1) is 0 Å². The second kappa shape index (κ2) is 18.4. The second-order valence-electron chi connectivity index (χ2n) is 15.7. The number of carboxylic acids is 1. The number of ether oxygens (including phenoxy) is 3. The highest BCUT2D eigenvalue weighted by molar-refractivity contribution is 6.04. The van der Waals surface area contributed by atoms with Crippen molar-refractivity contribution >= 4 is 40.6 Å². The van der Waals surface area contributed by atoms with E-state index in [-0.39, 0.29) is 24.3 Å². The Hall–Kier alpha value is -5.46. The molecule has 0 spiro atoms. The highest BCUT2D eigenvalue weighted by Crippen LogP contribution is 2.37. The third kappa shape index (κ3) is 10.0. The van der Waals surface area contributed by atoms with E-state index in [9.17, 15) is 29.1 Å². The van der Waals surface area contributed by atoms with Gasteiger partial charge in [-0.25, -0.2) is 14.6 Å². The van der Waals surface area contributed by atoms with Crippen LogP contribution in [0.1, 0.15) is 79.1 Å². The highest BCUT2D eigenvalue weighted by Gasteiger charge is 2.42. The average molecular weight is 771 g/mol. The SMILES string of the molecule is CCC[C@H](NC(=O)[C@@H]1C[C@@H](Oc2cc(-c3ccccc3)nc3cc(OC)ccc23)C=C1C(=O)N[C@@H](C(=O)NC(C(=O)OC)C1CCCCC1)C(C)(C)C)C(=O)O. The van der Waals surface area contributed by atoms with Crippen LogP contribution in [-0.4, -0.2) is 78.2 Å². The first-order chi connectivity index (χ1) is 26.7. The normalized spacial score (nSPS) is 18.9. The number of fused-ring (bicyclic) bond motifs is 1. The second-order valence-corrected chi connectivity index (χ2v) is 15.7. The Morgan fingerprint density at radius 1 is 0.929 bits per heavy atom. The van der Waals surface area contributed by atoms with E-state index < -0.39 is 65.2 Å². The van der Waals surface area contributed by atoms with E-state index in [1.54, 1.807) is 52.2 Å². The predicted molar refractivity (Wildman–Crippen MR) is 211 cm³/mol. The Morgan fingerprint density at radius 3 is 2.27 bits per heavy atom. The number of pyridine rings is 1. The van der Waals surface area contributed by atoms with E-state index in [0.717, 1.165) is 37.7 Å². The number of esters is 1. The molecule has 56 heavy (non-hydrogen) atoms. The van der Waals surface area contributed by atoms with Crippen LogP contribution in [0.4, 0.5) is 0 Å². The first-order valence-corrected chi connectivity index (χ1v) is 19.4. The molecule has 1 aromatic heterocycles. The average Bonchev–Trinajstić information content (AvgIpc) is 3.62. The molecule has 4 N–H and O–H groups in total. The van der Waals surface area contributed by atoms with Gasteiger partial charge in [0.05, 0.1) is 31.3 Å². The van der Waals surface area contributed by atoms with Gasteiger partial charge < -0.3 is 35.3 Å². The molecule has 0 bridgehead atoms. The summed E-state index contributed by atoms with van der Waals surface area (Å²) >= 11 is 0. The van der Waals surface area contributed by atoms with Crippen LogP contribution in [0.2, 0.25) is 0 Å². The molecule has 2 aromatic carbocycles. The fourth-order valence-corrected chi connectivity index (χ4v) is 7.54. The first kappa shape index (κ1) is 41.7. The summed E-state index contributed by atoms with van der Waals surface area (Å²) in [6.45, 7) is 7.19. The molecule has 1 heterocycles. The Morgan fingerprint density at radius 2 is 1.64 bits per heavy atom. The van der Waals surface area contributed by atoms with Crippen LogP contribution >= 0.6 is 0 Å². The van der Waals surface area contributed by atoms with Crippen molar-refractivity contribution in [1.82, 2.24) is 20.9 Å². The molecule has 0 aliphatic heterocycles. The smallest absolute Gasteiger partial charge is 0.328 e. The summed E-state index contributed by atoms with van der Waals surface area (Å²) in [5.41, 5.74) is 1.31. The summed E-state index contributed by atoms with van der Waals surface area (Å²) in [7, 11) is 2.85. The van der Waals surface area contributed by atoms with E-state index in [1.165, 1.54) is 7.11 Å². The fourth-order valence-electron chi connectivity index (χ4n) is 7.54. The molecule has 0 radical (unpaired) electrons. The zero-order valence-electron chi connectivity index (χ0n) is 33.1. The van der Waals surface area contributed by atoms with Crippen LogP contribution < -0.4 is 25.4 Å². The van der Waals surface area contributed by atoms with Crippen LogP contribution in [0.15, 0.2) is 66.2 Å². The van der Waals surface area contributed by atoms with Crippen molar-refractivity contribution in [2.75, 3.05) is 14.2 Å². The molecule has 1 unspecified atom stereocenters. The number of rotatable bonds is 15. The largest absolute Gasteiger partial charge is 0.497 e. The molecular formula is C43H54N4O9. The van der Waals surface area contributed by atoms with E-state index >= 15 is 0 Å². The number of hydrogen-bond donors (Lipinski definition) is 4. The lowest BCUT2D eigenvalue weighted by Gasteiger charge is -2.34. The number of carbonyl (C=O) groups is 5. The third-order valence-corrected chi connectivity index (χ3v) is 10.6. The number of aliphatic carboxylic acids is 1. The lowest BCUT2D eigenvalue weighted by atomic mass is 9.82. The van der Waals surface area contributed by atoms with E-state index in [1.807, 2.05) is 43.3 Å². The number of carboxylic acid groups (broad SMARTS) is 1. The summed E-state index contributed by atoms with van der Waals surface area (Å²) in [5, 5.41) is 18.9. The van der Waals surface area contributed by atoms with Crippen molar-refractivity contribution in [3.63, 3.8) is 0 Å². The monoisotopic (exact) mass is 770 g/mol. The minimum Gasteiger partial charge on any atom is -0.497 e. The van der Waals surface area contributed by atoms with Gasteiger partial charge in [0.1, 0.15) is 35.7 Å². The number of aromatic nitrogens is 1. The van der Waals surface area contributed by atoms with Gasteiger partial charge in [-0.3, -0.25) is 14.4 Å². The minimum absolute atomic E-state index is 0.0200. The molecule has 3 aromatic rings. The number of hydrogen-bond acceptors (Lipinski definition) is 9. The zero-order chi connectivity index (χ0) is 40.6. The highest BCUT2D eigenvalue weighted by atomic mass is 16.5. The summed E-state index contributed by atoms with van der Waals surface area (Å²) in [6.07, 6.45) is 5.95. The zero-order valence-corrected chi connectivity index (χ0v) is 33.1. The molecule has 3 amide bonds. The van der Waals surface area contributed by atoms with Gasteiger partial charge in [-0.1, -0.05) is 83.7 Å². The minimum atomic E-state index is -1.18. The van der Waals surface area contributed by atoms with Crippen molar-refractivity contribution in [1.29, 1.82) is 0 Å². The van der Waals surface area contributed by atoms with Gasteiger partial charge in [0.15, 0.2) is 0 Å². The molecule has 2 aliphatic rings. The van der Waals surface area contributed by atoms with Crippen molar-refractivity contribution in [3.05, 3.63) is 66.2 Å². The maximum atomic E-state index is 14.3. The van der Waals surface area contributed by atoms with Crippen LogP contribution in [0.25, 0.3) is 22.2 Å². The maximum absolute atomic E-state index is 14.3. The molecular weight excluding hydrogens is 716 g/mol. The van der Waals surface area contributed by atoms with Gasteiger partial charge >= 0.3 is 11.9 Å². The molecule has 0 saturated heterocycles. The number of nitrogens with zero attached hydrogens (tertiary/aromatic N) is 1. The number of benzene rings is 2. The third-order valence-electron chi connectivity index (χ3n) is 10.6. The Balaban J connectivity index is 1.48. The van der Waals surface area contributed by atoms with Crippen LogP contribution in [0.3, 0.4) is 0 Å². The Bertz CT molecular complexity index is 1930. The van der Waals surface area contributed by atoms with Gasteiger partial charge in [-0.05, 0) is 48.8 Å². The summed E-state index contributed by atoms with van der Waals surface area (Å²) in [5.74, 6) is -3.76. The molecule has 1 fully saturated rings. The standard InChI is InChI=1S/C43H54N4O9/c1-7-14-32(41(51)52)45-38(48)30-21-28(56-35-24-33(25-15-10-8-11-16-25)44-34-23-27(54-5)19-20-29(34)35)22-31(30)39(49)47-37(43(2,3)4)40(50)46-36(42(53)55-6)26-17-12-9-13-18-26/h8,10-11,15-16,19-20,22-24,26,28,30,32,36-37H,7,9,12-14,17-18,21H2,1-6H3,(H,45,48)(H,46,50)(H,47,49)(H,51,52)/t28-,30-,32+,36?,37+/m1/s1. The van der Waals surface area contributed by atoms with Crippen molar-refractivity contribution in [2.45, 2.75) is 103 Å². The van der Waals surface area contributed by atoms with Crippen molar-refractivity contribution < 1.29 is 43.3 Å². The topological polar surface area (TPSA) is 182 Å². The summed E-state index contributed by atoms with van der Waals surface area (Å²) in [4.78, 5) is 72.1. The van der Waals surface area contributed by atoms with Crippen molar-refractivity contribution in [2.24, 2.45) is 17.3 Å². The van der Waals surface area contributed by atoms with Crippen LogP contribution in [0.5, 0.6) is 11.5 Å². The van der Waals surface area contributed by atoms with Crippen LogP contribution in [-0.2, 0) is 28.7 Å². The molecule has 13 nitrogen and oxygen atoms in total. The van der Waals surface area contributed by atoms with Gasteiger partial charge in [0, 0.05) is 35.1 Å². The predicted octanol–water partition coefficient (Wildman–Crippen LogP) is 5.74. The van der Waals surface area contributed by atoms with Gasteiger partial charge in [0.25, 0.3) is 0 Å². The lowest BCUT2D eigenvalue weighted by molar-refractivity contribution is -0.148. The Labute approximate surface area is 327 Å². The number of nitrogens with one attached hydrogen (secondary N) is 3. The van der Waals surface area contributed by atoms with Gasteiger partial charge in [-0.2, -0.15) is 0 Å². The molecule has 2 aliphatic carbocycles. The summed E-state index contributed by atoms with van der Waals surface area (Å²) in [6, 6.07) is 13.6. The van der Waals surface area contributed by atoms with E-state index in [4.69, 9.17) is 19.2 Å². The molecule has 1 saturated carbocycles. The lowest BCUT2D eigenvalue weighted by Crippen LogP contribution is -2.58. The molecule has 5 rings (SSSR count). The van der Waals surface area contributed by atoms with Crippen molar-refractivity contribution in [3.8, 4) is 22.8 Å². The first-order valence-electron chi connectivity index (χ1n) is 19.4. The molecule has 5 atom stereocenters. The Kier molecular flexibility index (Phi) is 13.7. The van der Waals surface area contributed by atoms with Crippen LogP contribution in [0, 0.1) is 17.3 Å². The maximum Gasteiger partial charge on any atom is 0.328 e. The quantitative estimate of drug-likeness (QED) is 0.139. The van der Waals surface area contributed by atoms with E-state index in [2.05, 4.69) is 16.0 Å². The number of amides is 3. The summed E-state index contributed by atoms with van der Waals surface area (Å²) < 4.78 is 17.1. The number of carbonyl (C=O) groups excluding carboxylic acids is 4. The molecule has 300 valence electrons. The number of methoxy groups -OCH3 is 2. The molecule has 13 heteroatoms.